The zero-order valence-corrected chi connectivity index (χ0v) is 19.5. The highest BCUT2D eigenvalue weighted by Crippen LogP contribution is 2.23. The van der Waals surface area contributed by atoms with Gasteiger partial charge in [-0.1, -0.05) is 36.4 Å². The van der Waals surface area contributed by atoms with Crippen molar-refractivity contribution in [3.8, 4) is 11.5 Å². The fourth-order valence-corrected chi connectivity index (χ4v) is 3.57. The van der Waals surface area contributed by atoms with Crippen LogP contribution in [0.2, 0.25) is 0 Å². The molecule has 0 saturated heterocycles. The van der Waals surface area contributed by atoms with Gasteiger partial charge in [0.15, 0.2) is 6.04 Å². The molecule has 1 atom stereocenters. The van der Waals surface area contributed by atoms with Crippen molar-refractivity contribution in [3.05, 3.63) is 100.0 Å². The predicted molar refractivity (Wildman–Crippen MR) is 134 cm³/mol. The van der Waals surface area contributed by atoms with Crippen molar-refractivity contribution in [2.75, 3.05) is 14.2 Å². The van der Waals surface area contributed by atoms with E-state index in [-0.39, 0.29) is 5.69 Å². The molecule has 1 heterocycles. The number of carbonyl (C=O) groups is 2. The number of carbonyl (C=O) groups excluding carboxylic acids is 2. The van der Waals surface area contributed by atoms with Crippen LogP contribution in [0, 0.1) is 0 Å². The number of ether oxygens (including phenoxy) is 2. The summed E-state index contributed by atoms with van der Waals surface area (Å²) in [5.74, 6) is -0.0522. The fraction of sp³-hybridized carbons (Fsp3) is 0.115. The monoisotopic (exact) mass is 485 g/mol. The highest BCUT2D eigenvalue weighted by Gasteiger charge is 2.27. The number of aromatic nitrogens is 2. The number of rotatable bonds is 8. The van der Waals surface area contributed by atoms with E-state index in [1.54, 1.807) is 79.9 Å². The molecule has 2 amide bonds. The lowest BCUT2D eigenvalue weighted by Crippen LogP contribution is -2.40. The summed E-state index contributed by atoms with van der Waals surface area (Å²) >= 11 is 0. The van der Waals surface area contributed by atoms with Gasteiger partial charge in [0.25, 0.3) is 17.4 Å². The Kier molecular flexibility index (Phi) is 7.35. The van der Waals surface area contributed by atoms with E-state index in [0.717, 1.165) is 0 Å². The van der Waals surface area contributed by atoms with Gasteiger partial charge in [0, 0.05) is 22.6 Å². The minimum absolute atomic E-state index is 0.171. The number of aromatic amines is 1. The third kappa shape index (κ3) is 5.22. The smallest absolute Gasteiger partial charge is 0.272 e. The van der Waals surface area contributed by atoms with Gasteiger partial charge in [-0.2, -0.15) is 10.2 Å². The van der Waals surface area contributed by atoms with Gasteiger partial charge in [0.05, 0.1) is 25.8 Å². The van der Waals surface area contributed by atoms with E-state index in [1.165, 1.54) is 13.3 Å². The average Bonchev–Trinajstić information content (AvgIpc) is 2.92. The van der Waals surface area contributed by atoms with E-state index in [0.29, 0.717) is 33.4 Å². The maximum Gasteiger partial charge on any atom is 0.272 e. The molecule has 4 rings (SSSR count). The second kappa shape index (κ2) is 11.0. The van der Waals surface area contributed by atoms with Crippen LogP contribution in [0.25, 0.3) is 10.8 Å². The summed E-state index contributed by atoms with van der Waals surface area (Å²) in [6, 6.07) is 19.0. The van der Waals surface area contributed by atoms with Crippen molar-refractivity contribution in [2.45, 2.75) is 6.04 Å². The molecule has 0 unspecified atom stereocenters. The molecule has 3 aromatic carbocycles. The van der Waals surface area contributed by atoms with Crippen molar-refractivity contribution in [2.24, 2.45) is 5.10 Å². The van der Waals surface area contributed by atoms with Crippen molar-refractivity contribution in [3.63, 3.8) is 0 Å². The van der Waals surface area contributed by atoms with Crippen LogP contribution in [0.15, 0.2) is 82.7 Å². The molecule has 0 fully saturated rings. The second-order valence-corrected chi connectivity index (χ2v) is 7.60. The molecule has 10 nitrogen and oxygen atoms in total. The summed E-state index contributed by atoms with van der Waals surface area (Å²) in [7, 11) is 3.05. The quantitative estimate of drug-likeness (QED) is 0.259. The summed E-state index contributed by atoms with van der Waals surface area (Å²) in [5, 5.41) is 14.0. The van der Waals surface area contributed by atoms with Crippen LogP contribution in [-0.2, 0) is 4.79 Å². The standard InChI is InChI=1S/C26H23N5O5/c1-35-18-13-12-17(21(14-18)36-2)15-27-30-26(34)23(28-24(32)16-8-4-3-5-9-16)22-19-10-6-7-11-20(19)25(33)31-29-22/h3-15,23H,1-2H3,(H,28,32)(H,30,34)(H,31,33)/b27-15+/t23-/m0/s1. The molecule has 0 spiro atoms. The molecule has 0 radical (unpaired) electrons. The van der Waals surface area contributed by atoms with Gasteiger partial charge in [-0.3, -0.25) is 14.4 Å². The summed E-state index contributed by atoms with van der Waals surface area (Å²) in [6.07, 6.45) is 1.41. The number of amides is 2. The molecule has 0 bridgehead atoms. The summed E-state index contributed by atoms with van der Waals surface area (Å²) in [5.41, 5.74) is 3.15. The van der Waals surface area contributed by atoms with E-state index < -0.39 is 23.4 Å². The lowest BCUT2D eigenvalue weighted by Gasteiger charge is -2.18. The SMILES string of the molecule is COc1ccc(/C=N/NC(=O)[C@@H](NC(=O)c2ccccc2)c2n[nH]c(=O)c3ccccc23)c(OC)c1. The Hall–Kier alpha value is -4.99. The minimum Gasteiger partial charge on any atom is -0.497 e. The van der Waals surface area contributed by atoms with E-state index in [9.17, 15) is 14.4 Å². The van der Waals surface area contributed by atoms with Gasteiger partial charge in [0.1, 0.15) is 17.2 Å². The van der Waals surface area contributed by atoms with Crippen LogP contribution in [0.5, 0.6) is 11.5 Å². The maximum absolute atomic E-state index is 13.3. The largest absolute Gasteiger partial charge is 0.497 e. The molecule has 4 aromatic rings. The van der Waals surface area contributed by atoms with Gasteiger partial charge < -0.3 is 14.8 Å². The highest BCUT2D eigenvalue weighted by atomic mass is 16.5. The number of benzene rings is 3. The Labute approximate surface area is 206 Å². The third-order valence-electron chi connectivity index (χ3n) is 5.39. The van der Waals surface area contributed by atoms with Crippen LogP contribution in [0.3, 0.4) is 0 Å². The molecule has 1 aromatic heterocycles. The van der Waals surface area contributed by atoms with Crippen molar-refractivity contribution in [1.29, 1.82) is 0 Å². The summed E-state index contributed by atoms with van der Waals surface area (Å²) in [4.78, 5) is 38.4. The van der Waals surface area contributed by atoms with Gasteiger partial charge in [0.2, 0.25) is 0 Å². The van der Waals surface area contributed by atoms with Crippen LogP contribution < -0.4 is 25.8 Å². The van der Waals surface area contributed by atoms with Gasteiger partial charge in [-0.15, -0.1) is 0 Å². The van der Waals surface area contributed by atoms with Crippen LogP contribution in [-0.4, -0.2) is 42.4 Å². The van der Waals surface area contributed by atoms with Crippen molar-refractivity contribution >= 4 is 28.8 Å². The first-order valence-electron chi connectivity index (χ1n) is 10.9. The minimum atomic E-state index is -1.26. The van der Waals surface area contributed by atoms with E-state index in [4.69, 9.17) is 9.47 Å². The number of hydrogen-bond donors (Lipinski definition) is 3. The first kappa shape index (κ1) is 24.1. The number of fused-ring (bicyclic) bond motifs is 1. The first-order chi connectivity index (χ1) is 17.5. The lowest BCUT2D eigenvalue weighted by atomic mass is 10.0. The number of H-pyrrole nitrogens is 1. The normalized spacial score (nSPS) is 11.7. The zero-order chi connectivity index (χ0) is 25.5. The number of methoxy groups -OCH3 is 2. The van der Waals surface area contributed by atoms with Crippen molar-refractivity contribution < 1.29 is 19.1 Å². The van der Waals surface area contributed by atoms with Gasteiger partial charge >= 0.3 is 0 Å². The van der Waals surface area contributed by atoms with Gasteiger partial charge in [-0.25, -0.2) is 10.5 Å². The molecular formula is C26H23N5O5. The fourth-order valence-electron chi connectivity index (χ4n) is 3.57. The second-order valence-electron chi connectivity index (χ2n) is 7.60. The number of nitrogens with one attached hydrogen (secondary N) is 3. The maximum atomic E-state index is 13.3. The molecule has 10 heteroatoms. The van der Waals surface area contributed by atoms with Crippen LogP contribution >= 0.6 is 0 Å². The molecule has 0 saturated carbocycles. The van der Waals surface area contributed by atoms with E-state index in [1.807, 2.05) is 0 Å². The first-order valence-corrected chi connectivity index (χ1v) is 10.9. The van der Waals surface area contributed by atoms with Crippen LogP contribution in [0.1, 0.15) is 27.7 Å². The van der Waals surface area contributed by atoms with Crippen molar-refractivity contribution in [1.82, 2.24) is 20.9 Å². The summed E-state index contributed by atoms with van der Waals surface area (Å²) < 4.78 is 10.5. The summed E-state index contributed by atoms with van der Waals surface area (Å²) in [6.45, 7) is 0. The zero-order valence-electron chi connectivity index (χ0n) is 19.5. The van der Waals surface area contributed by atoms with Gasteiger partial charge in [-0.05, 0) is 30.3 Å². The Bertz CT molecular complexity index is 1480. The molecule has 0 aliphatic carbocycles. The molecule has 182 valence electrons. The molecule has 0 aliphatic rings. The number of hydrazone groups is 1. The van der Waals surface area contributed by atoms with E-state index in [2.05, 4.69) is 26.0 Å². The predicted octanol–water partition coefficient (Wildman–Crippen LogP) is 2.56. The average molecular weight is 486 g/mol. The Morgan fingerprint density at radius 1 is 0.972 bits per heavy atom. The topological polar surface area (TPSA) is 135 Å². The molecule has 0 aliphatic heterocycles. The van der Waals surface area contributed by atoms with E-state index >= 15 is 0 Å². The Balaban J connectivity index is 1.66. The van der Waals surface area contributed by atoms with Crippen LogP contribution in [0.4, 0.5) is 0 Å². The highest BCUT2D eigenvalue weighted by molar-refractivity contribution is 5.99. The third-order valence-corrected chi connectivity index (χ3v) is 5.39. The number of nitrogens with zero attached hydrogens (tertiary/aromatic N) is 2. The molecular weight excluding hydrogens is 462 g/mol. The molecule has 3 N–H and O–H groups in total. The Morgan fingerprint density at radius 3 is 2.42 bits per heavy atom. The number of hydrogen-bond acceptors (Lipinski definition) is 7. The Morgan fingerprint density at radius 2 is 1.69 bits per heavy atom. The molecule has 36 heavy (non-hydrogen) atoms. The lowest BCUT2D eigenvalue weighted by molar-refractivity contribution is -0.123.